The number of anilines is 1. The molecule has 1 saturated heterocycles. The van der Waals surface area contributed by atoms with Crippen molar-refractivity contribution in [2.24, 2.45) is 0 Å². The Bertz CT molecular complexity index is 383. The Kier molecular flexibility index (Phi) is 3.32. The lowest BCUT2D eigenvalue weighted by atomic mass is 9.83. The number of rotatable bonds is 2. The minimum Gasteiger partial charge on any atom is -0.423 e. The lowest BCUT2D eigenvalue weighted by molar-refractivity contribution is -0.0281. The van der Waals surface area contributed by atoms with Gasteiger partial charge in [-0.25, -0.2) is 9.97 Å². The molecule has 0 aromatic carbocycles. The Balaban J connectivity index is 2.12. The maximum Gasteiger partial charge on any atom is 0.491 e. The Hall–Kier alpha value is -1.18. The molecule has 1 fully saturated rings. The molecule has 17 heavy (non-hydrogen) atoms. The summed E-state index contributed by atoms with van der Waals surface area (Å²) in [5, 5.41) is 17.9. The first kappa shape index (κ1) is 12.3. The standard InChI is InChI=1S/C10H16BN3O3/c1-10(2)7-14(3-4-17-10)9-12-5-8(6-13-9)11(15)16/h5-6,15-16H,3-4,7H2,1-2H3. The van der Waals surface area contributed by atoms with Gasteiger partial charge in [0.05, 0.1) is 12.2 Å². The maximum atomic E-state index is 8.95. The van der Waals surface area contributed by atoms with Crippen LogP contribution in [0, 0.1) is 0 Å². The summed E-state index contributed by atoms with van der Waals surface area (Å²) >= 11 is 0. The van der Waals surface area contributed by atoms with Gasteiger partial charge in [-0.2, -0.15) is 0 Å². The Labute approximate surface area is 100 Å². The highest BCUT2D eigenvalue weighted by molar-refractivity contribution is 6.58. The molecule has 0 unspecified atom stereocenters. The minimum atomic E-state index is -1.52. The quantitative estimate of drug-likeness (QED) is 0.627. The molecular weight excluding hydrogens is 221 g/mol. The number of aromatic nitrogens is 2. The van der Waals surface area contributed by atoms with Crippen molar-refractivity contribution in [3.8, 4) is 0 Å². The molecule has 0 saturated carbocycles. The Morgan fingerprint density at radius 1 is 1.35 bits per heavy atom. The van der Waals surface area contributed by atoms with Crippen molar-refractivity contribution in [3.05, 3.63) is 12.4 Å². The molecule has 0 spiro atoms. The molecule has 0 amide bonds. The zero-order valence-corrected chi connectivity index (χ0v) is 10.00. The molecule has 1 aliphatic rings. The molecule has 1 aliphatic heterocycles. The molecule has 2 N–H and O–H groups in total. The fourth-order valence-corrected chi connectivity index (χ4v) is 1.82. The van der Waals surface area contributed by atoms with Crippen LogP contribution in [-0.2, 0) is 4.74 Å². The topological polar surface area (TPSA) is 78.7 Å². The lowest BCUT2D eigenvalue weighted by Gasteiger charge is -2.38. The van der Waals surface area contributed by atoms with Gasteiger partial charge in [0.25, 0.3) is 0 Å². The zero-order chi connectivity index (χ0) is 12.5. The van der Waals surface area contributed by atoms with Gasteiger partial charge in [0.2, 0.25) is 5.95 Å². The van der Waals surface area contributed by atoms with Gasteiger partial charge in [0.1, 0.15) is 0 Å². The summed E-state index contributed by atoms with van der Waals surface area (Å²) in [6.45, 7) is 6.13. The van der Waals surface area contributed by atoms with Gasteiger partial charge < -0.3 is 19.7 Å². The number of hydrogen-bond acceptors (Lipinski definition) is 6. The van der Waals surface area contributed by atoms with E-state index in [9.17, 15) is 0 Å². The van der Waals surface area contributed by atoms with Gasteiger partial charge in [-0.15, -0.1) is 0 Å². The van der Waals surface area contributed by atoms with Crippen molar-refractivity contribution < 1.29 is 14.8 Å². The highest BCUT2D eigenvalue weighted by atomic mass is 16.5. The summed E-state index contributed by atoms with van der Waals surface area (Å²) in [5.74, 6) is 0.589. The summed E-state index contributed by atoms with van der Waals surface area (Å²) in [6.07, 6.45) is 2.85. The summed E-state index contributed by atoms with van der Waals surface area (Å²) in [7, 11) is -1.52. The fourth-order valence-electron chi connectivity index (χ4n) is 1.82. The third-order valence-electron chi connectivity index (χ3n) is 2.66. The summed E-state index contributed by atoms with van der Waals surface area (Å²) in [4.78, 5) is 10.3. The molecule has 6 nitrogen and oxygen atoms in total. The average Bonchev–Trinajstić information content (AvgIpc) is 2.28. The van der Waals surface area contributed by atoms with E-state index in [1.54, 1.807) is 0 Å². The molecule has 0 bridgehead atoms. The molecule has 0 atom stereocenters. The molecular formula is C10H16BN3O3. The number of hydrogen-bond donors (Lipinski definition) is 2. The smallest absolute Gasteiger partial charge is 0.423 e. The van der Waals surface area contributed by atoms with E-state index in [1.165, 1.54) is 12.4 Å². The van der Waals surface area contributed by atoms with Gasteiger partial charge in [0, 0.05) is 30.9 Å². The first-order valence-electron chi connectivity index (χ1n) is 5.55. The van der Waals surface area contributed by atoms with Gasteiger partial charge >= 0.3 is 7.12 Å². The third kappa shape index (κ3) is 2.93. The second kappa shape index (κ2) is 4.60. The fraction of sp³-hybridized carbons (Fsp3) is 0.600. The van der Waals surface area contributed by atoms with E-state index in [1.807, 2.05) is 18.7 Å². The predicted molar refractivity (Wildman–Crippen MR) is 64.1 cm³/mol. The molecule has 0 aliphatic carbocycles. The maximum absolute atomic E-state index is 8.95. The van der Waals surface area contributed by atoms with Crippen LogP contribution in [-0.4, -0.2) is 52.4 Å². The zero-order valence-electron chi connectivity index (χ0n) is 10.00. The SMILES string of the molecule is CC1(C)CN(c2ncc(B(O)O)cn2)CCO1. The molecule has 2 rings (SSSR count). The lowest BCUT2D eigenvalue weighted by Crippen LogP contribution is -2.49. The van der Waals surface area contributed by atoms with Crippen LogP contribution in [0.25, 0.3) is 0 Å². The number of nitrogens with zero attached hydrogens (tertiary/aromatic N) is 3. The second-order valence-electron chi connectivity index (χ2n) is 4.72. The van der Waals surface area contributed by atoms with Gasteiger partial charge in [0.15, 0.2) is 0 Å². The molecule has 7 heteroatoms. The normalized spacial score (nSPS) is 19.2. The van der Waals surface area contributed by atoms with E-state index >= 15 is 0 Å². The van der Waals surface area contributed by atoms with E-state index in [-0.39, 0.29) is 5.60 Å². The van der Waals surface area contributed by atoms with Gasteiger partial charge in [-0.1, -0.05) is 0 Å². The monoisotopic (exact) mass is 237 g/mol. The molecule has 1 aromatic heterocycles. The first-order valence-corrected chi connectivity index (χ1v) is 5.55. The Morgan fingerprint density at radius 3 is 2.53 bits per heavy atom. The number of morpholine rings is 1. The average molecular weight is 237 g/mol. The van der Waals surface area contributed by atoms with Crippen LogP contribution in [0.15, 0.2) is 12.4 Å². The van der Waals surface area contributed by atoms with Crippen LogP contribution in [0.1, 0.15) is 13.8 Å². The Morgan fingerprint density at radius 2 is 2.00 bits per heavy atom. The first-order chi connectivity index (χ1) is 7.98. The van der Waals surface area contributed by atoms with Gasteiger partial charge in [-0.05, 0) is 13.8 Å². The highest BCUT2D eigenvalue weighted by Crippen LogP contribution is 2.19. The van der Waals surface area contributed by atoms with Crippen LogP contribution in [0.5, 0.6) is 0 Å². The molecule has 0 radical (unpaired) electrons. The van der Waals surface area contributed by atoms with Crippen molar-refractivity contribution in [2.45, 2.75) is 19.4 Å². The van der Waals surface area contributed by atoms with Crippen molar-refractivity contribution in [3.63, 3.8) is 0 Å². The molecule has 92 valence electrons. The molecule has 2 heterocycles. The summed E-state index contributed by atoms with van der Waals surface area (Å²) in [6, 6.07) is 0. The largest absolute Gasteiger partial charge is 0.491 e. The van der Waals surface area contributed by atoms with E-state index < -0.39 is 7.12 Å². The predicted octanol–water partition coefficient (Wildman–Crippen LogP) is -1.23. The van der Waals surface area contributed by atoms with Gasteiger partial charge in [-0.3, -0.25) is 0 Å². The third-order valence-corrected chi connectivity index (χ3v) is 2.66. The highest BCUT2D eigenvalue weighted by Gasteiger charge is 2.28. The minimum absolute atomic E-state index is 0.212. The summed E-state index contributed by atoms with van der Waals surface area (Å²) in [5.41, 5.74) is 0.0813. The van der Waals surface area contributed by atoms with E-state index in [0.29, 0.717) is 24.6 Å². The van der Waals surface area contributed by atoms with E-state index in [2.05, 4.69) is 9.97 Å². The summed E-state index contributed by atoms with van der Waals surface area (Å²) < 4.78 is 5.60. The van der Waals surface area contributed by atoms with Crippen molar-refractivity contribution >= 4 is 18.5 Å². The number of ether oxygens (including phenoxy) is 1. The molecule has 1 aromatic rings. The van der Waals surface area contributed by atoms with Crippen LogP contribution < -0.4 is 10.4 Å². The van der Waals surface area contributed by atoms with E-state index in [4.69, 9.17) is 14.8 Å². The van der Waals surface area contributed by atoms with Crippen molar-refractivity contribution in [2.75, 3.05) is 24.6 Å². The van der Waals surface area contributed by atoms with Crippen molar-refractivity contribution in [1.82, 2.24) is 9.97 Å². The van der Waals surface area contributed by atoms with Crippen LogP contribution in [0.3, 0.4) is 0 Å². The van der Waals surface area contributed by atoms with Crippen molar-refractivity contribution in [1.29, 1.82) is 0 Å². The second-order valence-corrected chi connectivity index (χ2v) is 4.72. The van der Waals surface area contributed by atoms with E-state index in [0.717, 1.165) is 6.54 Å². The van der Waals surface area contributed by atoms with Crippen LogP contribution in [0.2, 0.25) is 0 Å². The van der Waals surface area contributed by atoms with Crippen LogP contribution in [0.4, 0.5) is 5.95 Å². The van der Waals surface area contributed by atoms with Crippen LogP contribution >= 0.6 is 0 Å².